The van der Waals surface area contributed by atoms with Gasteiger partial charge in [0, 0.05) is 42.8 Å². The number of benzene rings is 1. The first-order chi connectivity index (χ1) is 36.2. The van der Waals surface area contributed by atoms with E-state index in [1.165, 1.54) is 20.8 Å². The molecule has 9 atom stereocenters. The SMILES string of the molecule is CC(C)[C@H](NC(=O)[C@H](CCC(=O)O)NC(=O)[C@H](CCC(N)=O)NC(=O)[C@H](CO)NC(=O)[C@H](C)NC(=O)[C@@H](N)CCC(N)=O)C(=O)N[C@@H](CCCCN)C(=O)N[C@@H](CC(N)=O)C(=O)N[C@@H](Cc1c[nH]c2ccccc12)C(=O)O. The predicted octanol–water partition coefficient (Wildman–Crippen LogP) is -5.93. The number of aliphatic carboxylic acids is 2. The van der Waals surface area contributed by atoms with E-state index in [2.05, 4.69) is 47.5 Å². The molecule has 0 radical (unpaired) electrons. The van der Waals surface area contributed by atoms with Gasteiger partial charge in [0.05, 0.1) is 19.1 Å². The number of fused-ring (bicyclic) bond motifs is 1. The molecule has 1 aromatic carbocycles. The number of unbranched alkanes of at least 4 members (excludes halogenated alkanes) is 1. The molecule has 0 unspecified atom stereocenters. The number of rotatable bonds is 36. The minimum absolute atomic E-state index is 0.114. The fourth-order valence-electron chi connectivity index (χ4n) is 7.43. The number of aliphatic hydroxyl groups is 1. The summed E-state index contributed by atoms with van der Waals surface area (Å²) in [6.07, 6.45) is -1.75. The summed E-state index contributed by atoms with van der Waals surface area (Å²) < 4.78 is 0. The molecule has 0 bridgehead atoms. The van der Waals surface area contributed by atoms with Gasteiger partial charge in [0.1, 0.15) is 48.3 Å². The number of nitrogens with one attached hydrogen (secondary N) is 9. The van der Waals surface area contributed by atoms with Crippen molar-refractivity contribution in [3.8, 4) is 0 Å². The van der Waals surface area contributed by atoms with Gasteiger partial charge in [0.15, 0.2) is 0 Å². The van der Waals surface area contributed by atoms with Crippen molar-refractivity contribution in [1.29, 1.82) is 0 Å². The Hall–Kier alpha value is -8.25. The quantitative estimate of drug-likeness (QED) is 0.0283. The van der Waals surface area contributed by atoms with Gasteiger partial charge in [-0.2, -0.15) is 0 Å². The maximum Gasteiger partial charge on any atom is 0.326 e. The van der Waals surface area contributed by atoms with E-state index >= 15 is 0 Å². The number of H-pyrrole nitrogens is 1. The maximum atomic E-state index is 14.0. The largest absolute Gasteiger partial charge is 0.481 e. The zero-order valence-electron chi connectivity index (χ0n) is 42.9. The minimum atomic E-state index is -1.79. The Morgan fingerprint density at radius 3 is 1.58 bits per heavy atom. The number of amides is 11. The maximum absolute atomic E-state index is 14.0. The second-order valence-corrected chi connectivity index (χ2v) is 18.4. The number of carboxylic acids is 2. The Morgan fingerprint density at radius 1 is 0.545 bits per heavy atom. The number of carbonyl (C=O) groups excluding carboxylic acids is 11. The lowest BCUT2D eigenvalue weighted by Crippen LogP contribution is -2.61. The van der Waals surface area contributed by atoms with Crippen LogP contribution in [-0.2, 0) is 68.7 Å². The third kappa shape index (κ3) is 22.6. The van der Waals surface area contributed by atoms with Gasteiger partial charge in [0.2, 0.25) is 65.0 Å². The monoisotopic (exact) mass is 1090 g/mol. The van der Waals surface area contributed by atoms with E-state index in [4.69, 9.17) is 28.7 Å². The molecule has 2 rings (SSSR count). The molecule has 30 heteroatoms. The summed E-state index contributed by atoms with van der Waals surface area (Å²) in [5.41, 5.74) is 28.4. The van der Waals surface area contributed by atoms with E-state index < -0.39 is 176 Å². The van der Waals surface area contributed by atoms with Crippen LogP contribution in [0.3, 0.4) is 0 Å². The fourth-order valence-corrected chi connectivity index (χ4v) is 7.43. The third-order valence-electron chi connectivity index (χ3n) is 11.8. The Kier molecular flexibility index (Phi) is 27.2. The number of hydrogen-bond acceptors (Lipinski definition) is 16. The van der Waals surface area contributed by atoms with E-state index in [0.29, 0.717) is 22.9 Å². The van der Waals surface area contributed by atoms with E-state index in [9.17, 15) is 77.6 Å². The molecule has 0 spiro atoms. The van der Waals surface area contributed by atoms with Crippen molar-refractivity contribution in [2.24, 2.45) is 34.6 Å². The van der Waals surface area contributed by atoms with Crippen molar-refractivity contribution in [2.45, 2.75) is 146 Å². The number of aliphatic hydroxyl groups excluding tert-OH is 1. The van der Waals surface area contributed by atoms with Crippen LogP contribution in [0.4, 0.5) is 0 Å². The second kappa shape index (κ2) is 32.2. The minimum Gasteiger partial charge on any atom is -0.481 e. The number of primary amides is 3. The summed E-state index contributed by atoms with van der Waals surface area (Å²) in [5.74, 6) is -14.9. The Morgan fingerprint density at radius 2 is 1.04 bits per heavy atom. The molecular weight excluding hydrogens is 1020 g/mol. The van der Waals surface area contributed by atoms with Crippen LogP contribution in [0.25, 0.3) is 10.9 Å². The van der Waals surface area contributed by atoms with E-state index in [1.54, 1.807) is 30.5 Å². The number of carbonyl (C=O) groups is 13. The molecule has 0 saturated heterocycles. The first-order valence-corrected chi connectivity index (χ1v) is 24.5. The zero-order chi connectivity index (χ0) is 58.1. The summed E-state index contributed by atoms with van der Waals surface area (Å²) in [5, 5.41) is 48.9. The summed E-state index contributed by atoms with van der Waals surface area (Å²) in [7, 11) is 0. The molecule has 77 heavy (non-hydrogen) atoms. The van der Waals surface area contributed by atoms with Crippen molar-refractivity contribution in [2.75, 3.05) is 13.2 Å². The lowest BCUT2D eigenvalue weighted by atomic mass is 10.00. The number of carboxylic acid groups (broad SMARTS) is 2. The van der Waals surface area contributed by atoms with Gasteiger partial charge in [-0.15, -0.1) is 0 Å². The lowest BCUT2D eigenvalue weighted by molar-refractivity contribution is -0.142. The fraction of sp³-hybridized carbons (Fsp3) is 0.553. The smallest absolute Gasteiger partial charge is 0.326 e. The molecule has 1 aromatic heterocycles. The van der Waals surface area contributed by atoms with Gasteiger partial charge in [0.25, 0.3) is 0 Å². The lowest BCUT2D eigenvalue weighted by Gasteiger charge is -2.29. The summed E-state index contributed by atoms with van der Waals surface area (Å²) >= 11 is 0. The number of aromatic nitrogens is 1. The highest BCUT2D eigenvalue weighted by molar-refractivity contribution is 5.99. The molecule has 426 valence electrons. The normalized spacial score (nSPS) is 14.6. The molecule has 11 amide bonds. The van der Waals surface area contributed by atoms with Crippen molar-refractivity contribution < 1.29 is 77.6 Å². The first-order valence-electron chi connectivity index (χ1n) is 24.5. The topological polar surface area (TPSA) is 525 Å². The number of nitrogens with two attached hydrogens (primary N) is 5. The highest BCUT2D eigenvalue weighted by Crippen LogP contribution is 2.19. The van der Waals surface area contributed by atoms with Crippen LogP contribution in [0, 0.1) is 5.92 Å². The number of aromatic amines is 1. The standard InChI is InChI=1S/C47H72N14O16/c1-22(2)38(46(75)57-28(10-6-7-17-48)41(70)58-31(19-36(52)65)44(73)59-32(47(76)77)18-24-20-53-27-9-5-4-8-25(24)27)61-43(72)30(13-16-37(66)67)55-42(71)29(12-15-35(51)64)56-45(74)33(21-62)60-39(68)23(3)54-40(69)26(49)11-14-34(50)63/h4-5,8-9,20,22-23,26,28-33,38,53,62H,6-7,10-19,21,48-49H2,1-3H3,(H2,50,63)(H2,51,64)(H2,52,65)(H,54,69)(H,55,71)(H,56,74)(H,57,75)(H,58,70)(H,59,73)(H,60,68)(H,61,72)(H,66,67)(H,76,77)/t23-,26-,28-,29-,30-,31-,32-,33-,38-/m0/s1. The summed E-state index contributed by atoms with van der Waals surface area (Å²) in [6, 6.07) is -7.17. The molecule has 1 heterocycles. The molecule has 2 aromatic rings. The van der Waals surface area contributed by atoms with Crippen LogP contribution >= 0.6 is 0 Å². The van der Waals surface area contributed by atoms with Crippen molar-refractivity contribution in [1.82, 2.24) is 47.5 Å². The van der Waals surface area contributed by atoms with Crippen molar-refractivity contribution >= 4 is 87.8 Å². The molecule has 0 aliphatic carbocycles. The van der Waals surface area contributed by atoms with E-state index in [-0.39, 0.29) is 38.6 Å². The third-order valence-corrected chi connectivity index (χ3v) is 11.8. The van der Waals surface area contributed by atoms with Crippen molar-refractivity contribution in [3.63, 3.8) is 0 Å². The van der Waals surface area contributed by atoms with Gasteiger partial charge in [-0.3, -0.25) is 57.5 Å². The molecule has 0 saturated carbocycles. The molecule has 0 aliphatic heterocycles. The van der Waals surface area contributed by atoms with Crippen LogP contribution in [0.15, 0.2) is 30.5 Å². The Bertz CT molecular complexity index is 2450. The average Bonchev–Trinajstić information content (AvgIpc) is 3.77. The van der Waals surface area contributed by atoms with Crippen LogP contribution in [-0.4, -0.2) is 165 Å². The van der Waals surface area contributed by atoms with Gasteiger partial charge in [-0.1, -0.05) is 32.0 Å². The van der Waals surface area contributed by atoms with Gasteiger partial charge < -0.3 is 91.5 Å². The Balaban J connectivity index is 2.33. The number of hydrogen-bond donors (Lipinski definition) is 17. The zero-order valence-corrected chi connectivity index (χ0v) is 42.9. The molecule has 22 N–H and O–H groups in total. The molecule has 0 aliphatic rings. The van der Waals surface area contributed by atoms with E-state index in [0.717, 1.165) is 0 Å². The first kappa shape index (κ1) is 64.9. The van der Waals surface area contributed by atoms with Crippen molar-refractivity contribution in [3.05, 3.63) is 36.0 Å². The highest BCUT2D eigenvalue weighted by Gasteiger charge is 2.36. The van der Waals surface area contributed by atoms with Gasteiger partial charge >= 0.3 is 11.9 Å². The van der Waals surface area contributed by atoms with Crippen LogP contribution in [0.2, 0.25) is 0 Å². The predicted molar refractivity (Wildman–Crippen MR) is 271 cm³/mol. The van der Waals surface area contributed by atoms with Crippen LogP contribution in [0.5, 0.6) is 0 Å². The summed E-state index contributed by atoms with van der Waals surface area (Å²) in [6.45, 7) is 3.29. The second-order valence-electron chi connectivity index (χ2n) is 18.4. The van der Waals surface area contributed by atoms with Crippen LogP contribution < -0.4 is 71.2 Å². The van der Waals surface area contributed by atoms with Gasteiger partial charge in [-0.05, 0) is 69.5 Å². The van der Waals surface area contributed by atoms with E-state index in [1.807, 2.05) is 0 Å². The average molecular weight is 1090 g/mol. The van der Waals surface area contributed by atoms with Crippen LogP contribution in [0.1, 0.15) is 90.5 Å². The molecular formula is C47H72N14O16. The highest BCUT2D eigenvalue weighted by atomic mass is 16.4. The Labute approximate surface area is 441 Å². The summed E-state index contributed by atoms with van der Waals surface area (Å²) in [4.78, 5) is 170. The van der Waals surface area contributed by atoms with Gasteiger partial charge in [-0.25, -0.2) is 4.79 Å². The number of para-hydroxylation sites is 1. The molecule has 0 fully saturated rings. The molecule has 30 nitrogen and oxygen atoms in total.